The molecule has 1 heterocycles. The predicted octanol–water partition coefficient (Wildman–Crippen LogP) is 3.64. The normalized spacial score (nSPS) is 11.6. The summed E-state index contributed by atoms with van der Waals surface area (Å²) in [5, 5.41) is 0. The third-order valence-electron chi connectivity index (χ3n) is 3.36. The summed E-state index contributed by atoms with van der Waals surface area (Å²) in [5.41, 5.74) is 11.0. The van der Waals surface area contributed by atoms with Crippen molar-refractivity contribution in [3.63, 3.8) is 0 Å². The van der Waals surface area contributed by atoms with Crippen LogP contribution in [-0.4, -0.2) is 9.97 Å². The highest BCUT2D eigenvalue weighted by atomic mass is 14.9. The maximum atomic E-state index is 5.97. The van der Waals surface area contributed by atoms with E-state index in [9.17, 15) is 0 Å². The van der Waals surface area contributed by atoms with Gasteiger partial charge in [0.25, 0.3) is 0 Å². The van der Waals surface area contributed by atoms with Gasteiger partial charge in [0.2, 0.25) is 0 Å². The molecule has 2 rings (SSSR count). The number of anilines is 1. The van der Waals surface area contributed by atoms with Crippen LogP contribution in [0, 0.1) is 13.8 Å². The highest BCUT2D eigenvalue weighted by Crippen LogP contribution is 2.27. The van der Waals surface area contributed by atoms with Crippen LogP contribution in [0.4, 0.5) is 5.82 Å². The average molecular weight is 255 g/mol. The van der Waals surface area contributed by atoms with E-state index in [0.29, 0.717) is 5.82 Å². The largest absolute Gasteiger partial charge is 0.382 e. The first-order valence-electron chi connectivity index (χ1n) is 6.50. The van der Waals surface area contributed by atoms with Crippen LogP contribution in [0.3, 0.4) is 0 Å². The molecule has 0 amide bonds. The number of aromatic nitrogens is 2. The van der Waals surface area contributed by atoms with E-state index in [1.807, 2.05) is 13.8 Å². The molecule has 0 saturated heterocycles. The zero-order valence-corrected chi connectivity index (χ0v) is 12.3. The lowest BCUT2D eigenvalue weighted by molar-refractivity contribution is 0.590. The predicted molar refractivity (Wildman–Crippen MR) is 80.1 cm³/mol. The van der Waals surface area contributed by atoms with Gasteiger partial charge in [0.15, 0.2) is 0 Å². The molecular weight excluding hydrogens is 234 g/mol. The Morgan fingerprint density at radius 1 is 0.895 bits per heavy atom. The summed E-state index contributed by atoms with van der Waals surface area (Å²) in [7, 11) is 0. The molecule has 0 bridgehead atoms. The van der Waals surface area contributed by atoms with E-state index in [0.717, 1.165) is 22.6 Å². The summed E-state index contributed by atoms with van der Waals surface area (Å²) in [6, 6.07) is 8.39. The van der Waals surface area contributed by atoms with Crippen molar-refractivity contribution in [3.05, 3.63) is 41.2 Å². The fourth-order valence-electron chi connectivity index (χ4n) is 1.96. The molecule has 0 spiro atoms. The van der Waals surface area contributed by atoms with Crippen LogP contribution in [0.1, 0.15) is 37.7 Å². The molecule has 3 nitrogen and oxygen atoms in total. The molecule has 0 aliphatic carbocycles. The van der Waals surface area contributed by atoms with Gasteiger partial charge in [-0.05, 0) is 24.8 Å². The Morgan fingerprint density at radius 3 is 1.95 bits per heavy atom. The van der Waals surface area contributed by atoms with E-state index >= 15 is 0 Å². The van der Waals surface area contributed by atoms with Crippen molar-refractivity contribution in [2.24, 2.45) is 0 Å². The van der Waals surface area contributed by atoms with Crippen LogP contribution in [0.5, 0.6) is 0 Å². The van der Waals surface area contributed by atoms with E-state index in [2.05, 4.69) is 55.0 Å². The zero-order valence-electron chi connectivity index (χ0n) is 12.3. The Labute approximate surface area is 114 Å². The van der Waals surface area contributed by atoms with Crippen molar-refractivity contribution in [1.29, 1.82) is 0 Å². The summed E-state index contributed by atoms with van der Waals surface area (Å²) >= 11 is 0. The maximum absolute atomic E-state index is 5.97. The number of hydrogen-bond acceptors (Lipinski definition) is 3. The lowest BCUT2D eigenvalue weighted by atomic mass is 9.86. The first-order chi connectivity index (χ1) is 8.79. The molecule has 1 aromatic carbocycles. The van der Waals surface area contributed by atoms with Crippen molar-refractivity contribution in [2.75, 3.05) is 5.73 Å². The van der Waals surface area contributed by atoms with E-state index in [1.165, 1.54) is 5.56 Å². The van der Waals surface area contributed by atoms with Gasteiger partial charge in [-0.1, -0.05) is 45.0 Å². The van der Waals surface area contributed by atoms with E-state index in [-0.39, 0.29) is 5.41 Å². The van der Waals surface area contributed by atoms with Gasteiger partial charge in [-0.2, -0.15) is 0 Å². The molecule has 19 heavy (non-hydrogen) atoms. The van der Waals surface area contributed by atoms with Crippen molar-refractivity contribution in [1.82, 2.24) is 9.97 Å². The van der Waals surface area contributed by atoms with E-state index in [1.54, 1.807) is 0 Å². The molecule has 2 N–H and O–H groups in total. The Hall–Kier alpha value is -1.90. The highest BCUT2D eigenvalue weighted by Gasteiger charge is 2.14. The molecule has 3 heteroatoms. The summed E-state index contributed by atoms with van der Waals surface area (Å²) < 4.78 is 0. The second-order valence-corrected chi connectivity index (χ2v) is 5.96. The van der Waals surface area contributed by atoms with Gasteiger partial charge < -0.3 is 5.73 Å². The fourth-order valence-corrected chi connectivity index (χ4v) is 1.96. The maximum Gasteiger partial charge on any atom is 0.150 e. The Morgan fingerprint density at radius 2 is 1.42 bits per heavy atom. The first-order valence-corrected chi connectivity index (χ1v) is 6.50. The molecule has 0 radical (unpaired) electrons. The van der Waals surface area contributed by atoms with Gasteiger partial charge in [0.05, 0.1) is 11.4 Å². The van der Waals surface area contributed by atoms with Gasteiger partial charge in [-0.3, -0.25) is 0 Å². The fraction of sp³-hybridized carbons (Fsp3) is 0.375. The number of rotatable bonds is 1. The van der Waals surface area contributed by atoms with E-state index < -0.39 is 0 Å². The Balaban J connectivity index is 2.46. The SMILES string of the molecule is Cc1nc(N)c(-c2ccc(C(C)(C)C)cc2)nc1C. The number of aryl methyl sites for hydroxylation is 2. The Bertz CT molecular complexity index is 593. The second kappa shape index (κ2) is 4.65. The van der Waals surface area contributed by atoms with Gasteiger partial charge in [0.1, 0.15) is 11.5 Å². The minimum absolute atomic E-state index is 0.152. The minimum atomic E-state index is 0.152. The zero-order chi connectivity index (χ0) is 14.2. The topological polar surface area (TPSA) is 51.8 Å². The molecular formula is C16H21N3. The highest BCUT2D eigenvalue weighted by molar-refractivity contribution is 5.70. The molecule has 0 atom stereocenters. The summed E-state index contributed by atoms with van der Waals surface area (Å²) in [6.07, 6.45) is 0. The van der Waals surface area contributed by atoms with Gasteiger partial charge in [0, 0.05) is 5.56 Å². The lowest BCUT2D eigenvalue weighted by Gasteiger charge is -2.19. The summed E-state index contributed by atoms with van der Waals surface area (Å²) in [4.78, 5) is 8.88. The van der Waals surface area contributed by atoms with Crippen molar-refractivity contribution >= 4 is 5.82 Å². The van der Waals surface area contributed by atoms with Gasteiger partial charge in [-0.25, -0.2) is 9.97 Å². The molecule has 100 valence electrons. The van der Waals surface area contributed by atoms with Crippen molar-refractivity contribution in [3.8, 4) is 11.3 Å². The van der Waals surface area contributed by atoms with Crippen LogP contribution >= 0.6 is 0 Å². The molecule has 1 aromatic heterocycles. The molecule has 0 saturated carbocycles. The molecule has 0 unspecified atom stereocenters. The number of nitrogens with two attached hydrogens (primary N) is 1. The summed E-state index contributed by atoms with van der Waals surface area (Å²) in [5.74, 6) is 0.492. The van der Waals surface area contributed by atoms with E-state index in [4.69, 9.17) is 5.73 Å². The first kappa shape index (κ1) is 13.5. The van der Waals surface area contributed by atoms with Gasteiger partial charge >= 0.3 is 0 Å². The molecule has 2 aromatic rings. The van der Waals surface area contributed by atoms with Crippen LogP contribution in [-0.2, 0) is 5.41 Å². The third-order valence-corrected chi connectivity index (χ3v) is 3.36. The Kier molecular flexibility index (Phi) is 3.31. The molecule has 0 aliphatic rings. The third kappa shape index (κ3) is 2.75. The van der Waals surface area contributed by atoms with Crippen LogP contribution in [0.2, 0.25) is 0 Å². The summed E-state index contributed by atoms with van der Waals surface area (Å²) in [6.45, 7) is 10.5. The number of nitrogens with zero attached hydrogens (tertiary/aromatic N) is 2. The number of benzene rings is 1. The monoisotopic (exact) mass is 255 g/mol. The molecule has 0 fully saturated rings. The second-order valence-electron chi connectivity index (χ2n) is 5.96. The quantitative estimate of drug-likeness (QED) is 0.846. The van der Waals surface area contributed by atoms with Crippen LogP contribution < -0.4 is 5.73 Å². The number of nitrogen functional groups attached to an aromatic ring is 1. The average Bonchev–Trinajstić information content (AvgIpc) is 2.33. The smallest absolute Gasteiger partial charge is 0.150 e. The van der Waals surface area contributed by atoms with Gasteiger partial charge in [-0.15, -0.1) is 0 Å². The van der Waals surface area contributed by atoms with Crippen LogP contribution in [0.15, 0.2) is 24.3 Å². The lowest BCUT2D eigenvalue weighted by Crippen LogP contribution is -2.10. The van der Waals surface area contributed by atoms with Crippen molar-refractivity contribution < 1.29 is 0 Å². The van der Waals surface area contributed by atoms with Crippen molar-refractivity contribution in [2.45, 2.75) is 40.0 Å². The van der Waals surface area contributed by atoms with Crippen LogP contribution in [0.25, 0.3) is 11.3 Å². The molecule has 0 aliphatic heterocycles. The standard InChI is InChI=1S/C16H21N3/c1-10-11(2)19-15(17)14(18-10)12-6-8-13(9-7-12)16(3,4)5/h6-9H,1-5H3,(H2,17,19). The number of hydrogen-bond donors (Lipinski definition) is 1. The minimum Gasteiger partial charge on any atom is -0.382 e.